The Morgan fingerprint density at radius 2 is 1.90 bits per heavy atom. The van der Waals surface area contributed by atoms with Gasteiger partial charge in [0.05, 0.1) is 22.6 Å². The third-order valence-corrected chi connectivity index (χ3v) is 5.71. The van der Waals surface area contributed by atoms with Gasteiger partial charge in [-0.25, -0.2) is 14.0 Å². The van der Waals surface area contributed by atoms with Gasteiger partial charge in [0.1, 0.15) is 11.4 Å². The van der Waals surface area contributed by atoms with Crippen LogP contribution in [0.2, 0.25) is 5.02 Å². The van der Waals surface area contributed by atoms with Crippen LogP contribution in [0.25, 0.3) is 0 Å². The Hall–Kier alpha value is -2.55. The van der Waals surface area contributed by atoms with E-state index in [9.17, 15) is 18.8 Å². The molecule has 0 aromatic heterocycles. The van der Waals surface area contributed by atoms with Gasteiger partial charge in [-0.3, -0.25) is 4.79 Å². The highest BCUT2D eigenvalue weighted by Gasteiger charge is 2.72. The van der Waals surface area contributed by atoms with Crippen LogP contribution in [0.15, 0.2) is 18.2 Å². The van der Waals surface area contributed by atoms with Gasteiger partial charge in [0.2, 0.25) is 5.91 Å². The number of nitrogens with one attached hydrogen (secondary N) is 2. The zero-order valence-electron chi connectivity index (χ0n) is 17.2. The summed E-state index contributed by atoms with van der Waals surface area (Å²) in [5.41, 5.74) is 3.76. The molecule has 1 aromatic rings. The maximum atomic E-state index is 14.4. The van der Waals surface area contributed by atoms with E-state index in [0.717, 1.165) is 0 Å². The minimum Gasteiger partial charge on any atom is -0.444 e. The monoisotopic (exact) mass is 440 g/mol. The van der Waals surface area contributed by atoms with Crippen molar-refractivity contribution in [2.45, 2.75) is 63.3 Å². The number of amides is 4. The molecular weight excluding hydrogens is 415 g/mol. The fourth-order valence-corrected chi connectivity index (χ4v) is 4.49. The second-order valence-electron chi connectivity index (χ2n) is 9.07. The molecule has 0 radical (unpaired) electrons. The van der Waals surface area contributed by atoms with Crippen molar-refractivity contribution in [3.05, 3.63) is 34.6 Å². The number of nitrogens with zero attached hydrogens (tertiary/aromatic N) is 1. The summed E-state index contributed by atoms with van der Waals surface area (Å²) in [5.74, 6) is -0.980. The molecule has 3 aliphatic carbocycles. The smallest absolute Gasteiger partial charge is 0.408 e. The molecule has 0 spiro atoms. The van der Waals surface area contributed by atoms with Crippen LogP contribution in [0.5, 0.6) is 0 Å². The van der Waals surface area contributed by atoms with Crippen LogP contribution < -0.4 is 16.4 Å². The molecule has 0 unspecified atom stereocenters. The van der Waals surface area contributed by atoms with Crippen molar-refractivity contribution in [1.29, 1.82) is 0 Å². The number of ether oxygens (including phenoxy) is 1. The van der Waals surface area contributed by atoms with Crippen LogP contribution in [0.1, 0.15) is 45.6 Å². The molecule has 10 heteroatoms. The summed E-state index contributed by atoms with van der Waals surface area (Å²) >= 11 is 5.87. The summed E-state index contributed by atoms with van der Waals surface area (Å²) in [4.78, 5) is 37.5. The van der Waals surface area contributed by atoms with Gasteiger partial charge in [-0.15, -0.1) is 0 Å². The number of alkyl carbamates (subject to hydrolysis) is 1. The van der Waals surface area contributed by atoms with Gasteiger partial charge in [-0.1, -0.05) is 23.7 Å². The topological polar surface area (TPSA) is 114 Å². The van der Waals surface area contributed by atoms with Gasteiger partial charge in [0.25, 0.3) is 0 Å². The van der Waals surface area contributed by atoms with Gasteiger partial charge < -0.3 is 26.0 Å². The third kappa shape index (κ3) is 4.45. The lowest BCUT2D eigenvalue weighted by Crippen LogP contribution is -2.84. The highest BCUT2D eigenvalue weighted by Crippen LogP contribution is 2.64. The van der Waals surface area contributed by atoms with Crippen LogP contribution in [0, 0.1) is 5.82 Å². The van der Waals surface area contributed by atoms with Crippen LogP contribution in [-0.4, -0.2) is 46.2 Å². The molecule has 8 nitrogen and oxygen atoms in total. The van der Waals surface area contributed by atoms with E-state index in [-0.39, 0.29) is 23.7 Å². The number of carbonyl (C=O) groups excluding carboxylic acids is 3. The predicted octanol–water partition coefficient (Wildman–Crippen LogP) is 2.68. The molecule has 3 aliphatic rings. The first-order valence-corrected chi connectivity index (χ1v) is 10.0. The Morgan fingerprint density at radius 3 is 2.47 bits per heavy atom. The number of urea groups is 1. The second-order valence-corrected chi connectivity index (χ2v) is 9.48. The van der Waals surface area contributed by atoms with Crippen molar-refractivity contribution in [2.75, 3.05) is 6.54 Å². The molecule has 30 heavy (non-hydrogen) atoms. The Kier molecular flexibility index (Phi) is 5.62. The largest absolute Gasteiger partial charge is 0.444 e. The maximum Gasteiger partial charge on any atom is 0.408 e. The molecule has 3 saturated carbocycles. The van der Waals surface area contributed by atoms with Gasteiger partial charge >= 0.3 is 12.1 Å². The third-order valence-electron chi connectivity index (χ3n) is 5.42. The molecule has 4 rings (SSSR count). The normalized spacial score (nSPS) is 24.2. The molecule has 2 bridgehead atoms. The number of carbonyl (C=O) groups is 3. The number of hydrogen-bond donors (Lipinski definition) is 3. The van der Waals surface area contributed by atoms with Gasteiger partial charge in [0, 0.05) is 12.1 Å². The molecule has 0 atom stereocenters. The fourth-order valence-electron chi connectivity index (χ4n) is 4.29. The standard InChI is InChI=1S/C20H26ClFN4O4/c1-18(2,3)30-17(29)25-19-9-20(10-19,11-19)26(14(27)7-24-16(23)28)8-12-5-4-6-13(21)15(12)22/h4-6H,7-11H2,1-3H3,(H,25,29)(H3,23,24,28). The van der Waals surface area contributed by atoms with E-state index in [1.807, 2.05) is 0 Å². The summed E-state index contributed by atoms with van der Waals surface area (Å²) in [6.07, 6.45) is 1.04. The van der Waals surface area contributed by atoms with E-state index in [1.165, 1.54) is 11.0 Å². The summed E-state index contributed by atoms with van der Waals surface area (Å²) in [6.45, 7) is 5.03. The second kappa shape index (κ2) is 7.61. The number of hydrogen-bond acceptors (Lipinski definition) is 4. The first kappa shape index (κ1) is 22.1. The van der Waals surface area contributed by atoms with E-state index < -0.39 is 40.5 Å². The zero-order valence-corrected chi connectivity index (χ0v) is 17.9. The molecular formula is C20H26ClFN4O4. The number of primary amides is 1. The Balaban J connectivity index is 1.72. The zero-order chi connectivity index (χ0) is 22.3. The summed E-state index contributed by atoms with van der Waals surface area (Å²) in [6, 6.07) is 3.78. The maximum absolute atomic E-state index is 14.4. The quantitative estimate of drug-likeness (QED) is 0.630. The van der Waals surface area contributed by atoms with Crippen LogP contribution in [-0.2, 0) is 16.1 Å². The number of nitrogens with two attached hydrogens (primary N) is 1. The van der Waals surface area contributed by atoms with E-state index in [1.54, 1.807) is 32.9 Å². The fraction of sp³-hybridized carbons (Fsp3) is 0.550. The van der Waals surface area contributed by atoms with Crippen molar-refractivity contribution in [2.24, 2.45) is 5.73 Å². The number of benzene rings is 1. The minimum atomic E-state index is -0.821. The average Bonchev–Trinajstić information content (AvgIpc) is 2.55. The van der Waals surface area contributed by atoms with Crippen LogP contribution in [0.4, 0.5) is 14.0 Å². The first-order valence-electron chi connectivity index (χ1n) is 9.63. The lowest BCUT2D eigenvalue weighted by Gasteiger charge is -2.73. The Morgan fingerprint density at radius 1 is 1.27 bits per heavy atom. The molecule has 0 saturated heterocycles. The van der Waals surface area contributed by atoms with E-state index in [2.05, 4.69) is 10.6 Å². The van der Waals surface area contributed by atoms with Gasteiger partial charge in [0.15, 0.2) is 0 Å². The average molecular weight is 441 g/mol. The molecule has 3 fully saturated rings. The van der Waals surface area contributed by atoms with Crippen molar-refractivity contribution < 1.29 is 23.5 Å². The van der Waals surface area contributed by atoms with Crippen LogP contribution >= 0.6 is 11.6 Å². The number of rotatable bonds is 6. The highest BCUT2D eigenvalue weighted by atomic mass is 35.5. The molecule has 0 heterocycles. The van der Waals surface area contributed by atoms with Gasteiger partial charge in [-0.05, 0) is 46.1 Å². The van der Waals surface area contributed by atoms with Crippen molar-refractivity contribution in [3.63, 3.8) is 0 Å². The minimum absolute atomic E-state index is 0.00577. The summed E-state index contributed by atoms with van der Waals surface area (Å²) in [7, 11) is 0. The molecule has 4 N–H and O–H groups in total. The highest BCUT2D eigenvalue weighted by molar-refractivity contribution is 6.30. The molecule has 1 aromatic carbocycles. The van der Waals surface area contributed by atoms with Crippen molar-refractivity contribution >= 4 is 29.6 Å². The first-order chi connectivity index (χ1) is 13.8. The Bertz CT molecular complexity index is 866. The molecule has 0 aliphatic heterocycles. The lowest BCUT2D eigenvalue weighted by atomic mass is 9.43. The summed E-state index contributed by atoms with van der Waals surface area (Å²) < 4.78 is 19.7. The number of halogens is 2. The predicted molar refractivity (Wildman–Crippen MR) is 108 cm³/mol. The molecule has 164 valence electrons. The van der Waals surface area contributed by atoms with Crippen molar-refractivity contribution in [3.8, 4) is 0 Å². The Labute approximate surface area is 179 Å². The van der Waals surface area contributed by atoms with Crippen LogP contribution in [0.3, 0.4) is 0 Å². The van der Waals surface area contributed by atoms with Gasteiger partial charge in [-0.2, -0.15) is 0 Å². The van der Waals surface area contributed by atoms with E-state index in [0.29, 0.717) is 19.3 Å². The lowest BCUT2D eigenvalue weighted by molar-refractivity contribution is -0.190. The summed E-state index contributed by atoms with van der Waals surface area (Å²) in [5, 5.41) is 5.13. The van der Waals surface area contributed by atoms with E-state index in [4.69, 9.17) is 22.1 Å². The SMILES string of the molecule is CC(C)(C)OC(=O)NC12CC(N(Cc3cccc(Cl)c3F)C(=O)CNC(N)=O)(C1)C2. The van der Waals surface area contributed by atoms with E-state index >= 15 is 0 Å². The molecule has 4 amide bonds. The van der Waals surface area contributed by atoms with Crippen molar-refractivity contribution in [1.82, 2.24) is 15.5 Å².